The molecule has 1 aliphatic rings. The molecule has 1 aliphatic heterocycles. The van der Waals surface area contributed by atoms with Crippen molar-refractivity contribution in [3.63, 3.8) is 0 Å². The molecule has 1 atom stereocenters. The summed E-state index contributed by atoms with van der Waals surface area (Å²) in [6.07, 6.45) is 3.65. The molecule has 2 aromatic rings. The largest absolute Gasteiger partial charge is 0.471 e. The second-order valence-electron chi connectivity index (χ2n) is 6.65. The molecule has 0 spiro atoms. The number of aryl methyl sites for hydroxylation is 1. The van der Waals surface area contributed by atoms with Gasteiger partial charge in [-0.25, -0.2) is 0 Å². The first-order chi connectivity index (χ1) is 12.8. The summed E-state index contributed by atoms with van der Waals surface area (Å²) >= 11 is 0. The molecule has 0 aliphatic carbocycles. The summed E-state index contributed by atoms with van der Waals surface area (Å²) < 4.78 is 5.86. The standard InChI is InChI=1S/C18H21N5O4/c1-12-4-5-13(8-15(12)23(25)26)18(24)22-7-6-14(11-22)27-17-10-19-9-16(20-17)21(2)3/h4-5,8-10,14H,6-7,11H2,1-3H3. The van der Waals surface area contributed by atoms with Gasteiger partial charge in [-0.3, -0.25) is 19.9 Å². The number of nitro groups is 1. The number of anilines is 1. The summed E-state index contributed by atoms with van der Waals surface area (Å²) in [6.45, 7) is 2.56. The summed E-state index contributed by atoms with van der Waals surface area (Å²) in [6, 6.07) is 4.54. The molecule has 142 valence electrons. The molecular weight excluding hydrogens is 350 g/mol. The molecule has 0 N–H and O–H groups in total. The zero-order chi connectivity index (χ0) is 19.6. The van der Waals surface area contributed by atoms with E-state index in [1.807, 2.05) is 19.0 Å². The van der Waals surface area contributed by atoms with Gasteiger partial charge in [0.15, 0.2) is 5.82 Å². The van der Waals surface area contributed by atoms with E-state index in [4.69, 9.17) is 4.74 Å². The lowest BCUT2D eigenvalue weighted by Gasteiger charge is -2.18. The third kappa shape index (κ3) is 4.13. The maximum atomic E-state index is 12.7. The van der Waals surface area contributed by atoms with Crippen molar-refractivity contribution in [2.75, 3.05) is 32.1 Å². The van der Waals surface area contributed by atoms with Gasteiger partial charge in [0.25, 0.3) is 11.6 Å². The van der Waals surface area contributed by atoms with E-state index >= 15 is 0 Å². The predicted octanol–water partition coefficient (Wildman–Crippen LogP) is 2.05. The molecule has 0 bridgehead atoms. The van der Waals surface area contributed by atoms with Crippen LogP contribution in [-0.2, 0) is 0 Å². The van der Waals surface area contributed by atoms with Gasteiger partial charge in [-0.1, -0.05) is 6.07 Å². The first-order valence-electron chi connectivity index (χ1n) is 8.55. The average molecular weight is 371 g/mol. The smallest absolute Gasteiger partial charge is 0.273 e. The van der Waals surface area contributed by atoms with E-state index in [1.54, 1.807) is 36.4 Å². The van der Waals surface area contributed by atoms with E-state index in [9.17, 15) is 14.9 Å². The van der Waals surface area contributed by atoms with Crippen LogP contribution in [0.15, 0.2) is 30.6 Å². The molecule has 0 radical (unpaired) electrons. The van der Waals surface area contributed by atoms with Crippen LogP contribution in [0.3, 0.4) is 0 Å². The number of nitro benzene ring substituents is 1. The van der Waals surface area contributed by atoms with Crippen LogP contribution in [0.4, 0.5) is 11.5 Å². The fraction of sp³-hybridized carbons (Fsp3) is 0.389. The lowest BCUT2D eigenvalue weighted by Crippen LogP contribution is -2.31. The van der Waals surface area contributed by atoms with Gasteiger partial charge in [0.2, 0.25) is 5.88 Å². The van der Waals surface area contributed by atoms with Crippen LogP contribution < -0.4 is 9.64 Å². The van der Waals surface area contributed by atoms with Crippen molar-refractivity contribution in [2.24, 2.45) is 0 Å². The third-order valence-corrected chi connectivity index (χ3v) is 4.43. The monoisotopic (exact) mass is 371 g/mol. The van der Waals surface area contributed by atoms with Crippen molar-refractivity contribution in [1.29, 1.82) is 0 Å². The highest BCUT2D eigenvalue weighted by atomic mass is 16.6. The summed E-state index contributed by atoms with van der Waals surface area (Å²) in [5.41, 5.74) is 0.782. The van der Waals surface area contributed by atoms with Crippen LogP contribution in [0.1, 0.15) is 22.3 Å². The van der Waals surface area contributed by atoms with Gasteiger partial charge in [-0.05, 0) is 13.0 Å². The van der Waals surface area contributed by atoms with Crippen molar-refractivity contribution in [3.8, 4) is 5.88 Å². The van der Waals surface area contributed by atoms with E-state index in [0.29, 0.717) is 42.3 Å². The number of aromatic nitrogens is 2. The number of rotatable bonds is 5. The number of carbonyl (C=O) groups is 1. The molecule has 1 aromatic carbocycles. The van der Waals surface area contributed by atoms with Crippen molar-refractivity contribution >= 4 is 17.4 Å². The maximum absolute atomic E-state index is 12.7. The van der Waals surface area contributed by atoms with E-state index in [0.717, 1.165) is 0 Å². The fourth-order valence-corrected chi connectivity index (χ4v) is 2.91. The molecule has 0 saturated carbocycles. The number of likely N-dealkylation sites (tertiary alicyclic amines) is 1. The van der Waals surface area contributed by atoms with E-state index in [-0.39, 0.29) is 17.7 Å². The van der Waals surface area contributed by atoms with E-state index in [2.05, 4.69) is 9.97 Å². The first-order valence-corrected chi connectivity index (χ1v) is 8.55. The fourth-order valence-electron chi connectivity index (χ4n) is 2.91. The summed E-state index contributed by atoms with van der Waals surface area (Å²) in [5.74, 6) is 0.856. The lowest BCUT2D eigenvalue weighted by molar-refractivity contribution is -0.385. The Morgan fingerprint density at radius 3 is 2.85 bits per heavy atom. The highest BCUT2D eigenvalue weighted by Gasteiger charge is 2.29. The Labute approximate surface area is 156 Å². The minimum atomic E-state index is -0.474. The Morgan fingerprint density at radius 1 is 1.37 bits per heavy atom. The molecule has 2 heterocycles. The molecule has 9 heteroatoms. The summed E-state index contributed by atoms with van der Waals surface area (Å²) in [4.78, 5) is 35.3. The number of ether oxygens (including phenoxy) is 1. The lowest BCUT2D eigenvalue weighted by atomic mass is 10.1. The van der Waals surface area contributed by atoms with Crippen molar-refractivity contribution < 1.29 is 14.5 Å². The summed E-state index contributed by atoms with van der Waals surface area (Å²) in [7, 11) is 3.73. The van der Waals surface area contributed by atoms with Crippen LogP contribution >= 0.6 is 0 Å². The zero-order valence-electron chi connectivity index (χ0n) is 15.5. The SMILES string of the molecule is Cc1ccc(C(=O)N2CCC(Oc3cncc(N(C)C)n3)C2)cc1[N+](=O)[O-]. The van der Waals surface area contributed by atoms with Gasteiger partial charge in [-0.15, -0.1) is 0 Å². The van der Waals surface area contributed by atoms with Gasteiger partial charge in [0.1, 0.15) is 6.10 Å². The quantitative estimate of drug-likeness (QED) is 0.585. The highest BCUT2D eigenvalue weighted by Crippen LogP contribution is 2.23. The van der Waals surface area contributed by atoms with Gasteiger partial charge < -0.3 is 14.5 Å². The molecule has 9 nitrogen and oxygen atoms in total. The topological polar surface area (TPSA) is 102 Å². The van der Waals surface area contributed by atoms with E-state index < -0.39 is 4.92 Å². The number of amides is 1. The number of carbonyl (C=O) groups excluding carboxylic acids is 1. The van der Waals surface area contributed by atoms with Crippen LogP contribution in [-0.4, -0.2) is 59.0 Å². The predicted molar refractivity (Wildman–Crippen MR) is 99.1 cm³/mol. The van der Waals surface area contributed by atoms with Crippen LogP contribution in [0.2, 0.25) is 0 Å². The third-order valence-electron chi connectivity index (χ3n) is 4.43. The molecule has 1 unspecified atom stereocenters. The van der Waals surface area contributed by atoms with Gasteiger partial charge in [0.05, 0.1) is 23.9 Å². The van der Waals surface area contributed by atoms with Gasteiger partial charge >= 0.3 is 0 Å². The Morgan fingerprint density at radius 2 is 2.15 bits per heavy atom. The molecule has 1 aromatic heterocycles. The Balaban J connectivity index is 1.67. The normalized spacial score (nSPS) is 16.3. The molecule has 27 heavy (non-hydrogen) atoms. The Hall–Kier alpha value is -3.23. The first kappa shape index (κ1) is 18.6. The second-order valence-corrected chi connectivity index (χ2v) is 6.65. The number of hydrogen-bond donors (Lipinski definition) is 0. The molecule has 1 fully saturated rings. The number of hydrogen-bond acceptors (Lipinski definition) is 7. The van der Waals surface area contributed by atoms with Gasteiger partial charge in [0, 0.05) is 44.3 Å². The Kier molecular flexibility index (Phi) is 5.20. The second kappa shape index (κ2) is 7.56. The Bertz CT molecular complexity index is 871. The minimum absolute atomic E-state index is 0.0522. The average Bonchev–Trinajstić information content (AvgIpc) is 3.10. The van der Waals surface area contributed by atoms with Gasteiger partial charge in [-0.2, -0.15) is 4.98 Å². The van der Waals surface area contributed by atoms with Crippen molar-refractivity contribution in [3.05, 3.63) is 51.8 Å². The van der Waals surface area contributed by atoms with E-state index in [1.165, 1.54) is 6.07 Å². The van der Waals surface area contributed by atoms with Crippen LogP contribution in [0, 0.1) is 17.0 Å². The number of benzene rings is 1. The van der Waals surface area contributed by atoms with Crippen LogP contribution in [0.5, 0.6) is 5.88 Å². The molecule has 1 saturated heterocycles. The zero-order valence-corrected chi connectivity index (χ0v) is 15.5. The maximum Gasteiger partial charge on any atom is 0.273 e. The van der Waals surface area contributed by atoms with Crippen molar-refractivity contribution in [1.82, 2.24) is 14.9 Å². The highest BCUT2D eigenvalue weighted by molar-refractivity contribution is 5.95. The minimum Gasteiger partial charge on any atom is -0.471 e. The van der Waals surface area contributed by atoms with Crippen molar-refractivity contribution in [2.45, 2.75) is 19.4 Å². The van der Waals surface area contributed by atoms with Crippen LogP contribution in [0.25, 0.3) is 0 Å². The summed E-state index contributed by atoms with van der Waals surface area (Å²) in [5, 5.41) is 11.1. The number of nitrogens with zero attached hydrogens (tertiary/aromatic N) is 5. The molecular formula is C18H21N5O4. The molecule has 1 amide bonds. The molecule has 3 rings (SSSR count).